The Balaban J connectivity index is 2.00. The van der Waals surface area contributed by atoms with Crippen molar-refractivity contribution in [2.24, 2.45) is 5.92 Å². The van der Waals surface area contributed by atoms with Crippen LogP contribution in [0.5, 0.6) is 0 Å². The minimum absolute atomic E-state index is 0.0662. The molecule has 34 heavy (non-hydrogen) atoms. The molecule has 0 aromatic heterocycles. The number of anilines is 1. The second-order valence-electron chi connectivity index (χ2n) is 8.29. The Kier molecular flexibility index (Phi) is 6.44. The lowest BCUT2D eigenvalue weighted by atomic mass is 9.65. The Morgan fingerprint density at radius 1 is 1.24 bits per heavy atom. The van der Waals surface area contributed by atoms with Crippen LogP contribution in [-0.2, 0) is 19.1 Å². The van der Waals surface area contributed by atoms with Crippen LogP contribution in [-0.4, -0.2) is 54.5 Å². The van der Waals surface area contributed by atoms with Gasteiger partial charge in [-0.2, -0.15) is 0 Å². The molecule has 0 N–H and O–H groups in total. The van der Waals surface area contributed by atoms with Gasteiger partial charge in [0.2, 0.25) is 17.4 Å². The number of nitrogens with zero attached hydrogens (tertiary/aromatic N) is 2. The predicted octanol–water partition coefficient (Wildman–Crippen LogP) is 3.38. The quantitative estimate of drug-likeness (QED) is 0.241. The summed E-state index contributed by atoms with van der Waals surface area (Å²) >= 11 is 3.36. The Hall–Kier alpha value is -3.27. The number of ether oxygens (including phenoxy) is 2. The SMILES string of the molecule is CCOC(=O)C[C@@H]1CN2c3ccc(Br)cc3C(=O)[C@]2(C(=O)OC)[C@H](c2ccccc2)[C@H]1[N+](=O)[O-]. The van der Waals surface area contributed by atoms with Gasteiger partial charge in [0.05, 0.1) is 32.0 Å². The number of halogens is 1. The summed E-state index contributed by atoms with van der Waals surface area (Å²) in [4.78, 5) is 53.6. The van der Waals surface area contributed by atoms with Gasteiger partial charge >= 0.3 is 11.9 Å². The number of ketones is 1. The zero-order valence-electron chi connectivity index (χ0n) is 18.6. The molecule has 0 saturated carbocycles. The number of carbonyl (C=O) groups is 3. The molecule has 2 aliphatic rings. The van der Waals surface area contributed by atoms with Crippen molar-refractivity contribution in [3.05, 3.63) is 74.2 Å². The molecular weight excluding hydrogens is 508 g/mol. The Morgan fingerprint density at radius 2 is 1.94 bits per heavy atom. The fourth-order valence-corrected chi connectivity index (χ4v) is 5.72. The van der Waals surface area contributed by atoms with Gasteiger partial charge in [0.25, 0.3) is 0 Å². The summed E-state index contributed by atoms with van der Waals surface area (Å²) in [7, 11) is 1.16. The first kappa shape index (κ1) is 23.9. The molecular formula is C24H23BrN2O7. The Labute approximate surface area is 204 Å². The Morgan fingerprint density at radius 3 is 2.56 bits per heavy atom. The number of rotatable bonds is 6. The summed E-state index contributed by atoms with van der Waals surface area (Å²) in [6, 6.07) is 12.1. The molecule has 0 spiro atoms. The van der Waals surface area contributed by atoms with Crippen molar-refractivity contribution >= 4 is 39.3 Å². The standard InChI is InChI=1S/C24H23BrN2O7/c1-3-34-19(28)11-15-13-26-18-10-9-16(25)12-17(18)22(29)24(26,23(30)33-2)20(21(15)27(31)32)14-7-5-4-6-8-14/h4-10,12,15,20-21H,3,11,13H2,1-2H3/t15-,20-,21+,24+/m1/s1. The lowest BCUT2D eigenvalue weighted by molar-refractivity contribution is -0.539. The topological polar surface area (TPSA) is 116 Å². The van der Waals surface area contributed by atoms with Crippen molar-refractivity contribution in [1.82, 2.24) is 0 Å². The molecule has 4 atom stereocenters. The number of carbonyl (C=O) groups excluding carboxylic acids is 3. The van der Waals surface area contributed by atoms with Crippen LogP contribution in [0.3, 0.4) is 0 Å². The van der Waals surface area contributed by atoms with E-state index in [0.29, 0.717) is 15.7 Å². The number of hydrogen-bond donors (Lipinski definition) is 0. The lowest BCUT2D eigenvalue weighted by Crippen LogP contribution is -2.70. The molecule has 0 radical (unpaired) electrons. The number of Topliss-reactive ketones (excluding diaryl/α,β-unsaturated/α-hetero) is 1. The van der Waals surface area contributed by atoms with E-state index in [1.54, 1.807) is 60.4 Å². The van der Waals surface area contributed by atoms with Crippen LogP contribution in [0.4, 0.5) is 5.69 Å². The largest absolute Gasteiger partial charge is 0.467 e. The molecule has 1 saturated heterocycles. The number of piperidine rings is 1. The van der Waals surface area contributed by atoms with Gasteiger partial charge in [-0.05, 0) is 30.7 Å². The zero-order valence-corrected chi connectivity index (χ0v) is 20.2. The van der Waals surface area contributed by atoms with Gasteiger partial charge < -0.3 is 14.4 Å². The van der Waals surface area contributed by atoms with E-state index in [1.165, 1.54) is 0 Å². The van der Waals surface area contributed by atoms with Crippen LogP contribution in [0.1, 0.15) is 35.2 Å². The van der Waals surface area contributed by atoms with Gasteiger partial charge in [-0.1, -0.05) is 46.3 Å². The summed E-state index contributed by atoms with van der Waals surface area (Å²) in [5.41, 5.74) is -0.814. The highest BCUT2D eigenvalue weighted by molar-refractivity contribution is 9.10. The van der Waals surface area contributed by atoms with Crippen molar-refractivity contribution in [1.29, 1.82) is 0 Å². The number of benzene rings is 2. The van der Waals surface area contributed by atoms with Crippen molar-refractivity contribution < 1.29 is 28.8 Å². The Bertz CT molecular complexity index is 1160. The lowest BCUT2D eigenvalue weighted by Gasteiger charge is -2.49. The summed E-state index contributed by atoms with van der Waals surface area (Å²) in [5.74, 6) is -4.04. The van der Waals surface area contributed by atoms with E-state index in [-0.39, 0.29) is 25.1 Å². The monoisotopic (exact) mass is 530 g/mol. The van der Waals surface area contributed by atoms with E-state index in [0.717, 1.165) is 7.11 Å². The fraction of sp³-hybridized carbons (Fsp3) is 0.375. The first-order chi connectivity index (χ1) is 16.3. The highest BCUT2D eigenvalue weighted by Gasteiger charge is 2.71. The van der Waals surface area contributed by atoms with E-state index < -0.39 is 46.1 Å². The van der Waals surface area contributed by atoms with Crippen molar-refractivity contribution in [3.63, 3.8) is 0 Å². The average molecular weight is 531 g/mol. The minimum Gasteiger partial charge on any atom is -0.467 e. The van der Waals surface area contributed by atoms with E-state index in [1.807, 2.05) is 0 Å². The maximum Gasteiger partial charge on any atom is 0.340 e. The molecule has 2 aliphatic heterocycles. The summed E-state index contributed by atoms with van der Waals surface area (Å²) in [6.45, 7) is 1.73. The minimum atomic E-state index is -1.98. The normalized spacial score (nSPS) is 25.3. The molecule has 1 fully saturated rings. The number of esters is 2. The second-order valence-corrected chi connectivity index (χ2v) is 9.21. The maximum absolute atomic E-state index is 14.0. The molecule has 9 nitrogen and oxygen atoms in total. The molecule has 10 heteroatoms. The van der Waals surface area contributed by atoms with Gasteiger partial charge in [-0.15, -0.1) is 0 Å². The average Bonchev–Trinajstić information content (AvgIpc) is 3.06. The van der Waals surface area contributed by atoms with E-state index in [4.69, 9.17) is 9.47 Å². The van der Waals surface area contributed by atoms with Crippen molar-refractivity contribution in [3.8, 4) is 0 Å². The van der Waals surface area contributed by atoms with Gasteiger partial charge in [0.15, 0.2) is 0 Å². The second kappa shape index (κ2) is 9.17. The van der Waals surface area contributed by atoms with Crippen LogP contribution in [0.25, 0.3) is 0 Å². The van der Waals surface area contributed by atoms with Gasteiger partial charge in [0, 0.05) is 27.2 Å². The molecule has 0 aliphatic carbocycles. The van der Waals surface area contributed by atoms with Crippen LogP contribution >= 0.6 is 15.9 Å². The molecule has 2 aromatic rings. The first-order valence-corrected chi connectivity index (χ1v) is 11.6. The highest BCUT2D eigenvalue weighted by Crippen LogP contribution is 2.54. The molecule has 4 rings (SSSR count). The van der Waals surface area contributed by atoms with E-state index >= 15 is 0 Å². The molecule has 178 valence electrons. The van der Waals surface area contributed by atoms with Crippen molar-refractivity contribution in [2.75, 3.05) is 25.2 Å². The van der Waals surface area contributed by atoms with E-state index in [9.17, 15) is 24.5 Å². The number of methoxy groups -OCH3 is 1. The number of fused-ring (bicyclic) bond motifs is 3. The van der Waals surface area contributed by atoms with E-state index in [2.05, 4.69) is 15.9 Å². The molecule has 2 heterocycles. The number of hydrogen-bond acceptors (Lipinski definition) is 8. The summed E-state index contributed by atoms with van der Waals surface area (Å²) in [5, 5.41) is 12.5. The van der Waals surface area contributed by atoms with Crippen molar-refractivity contribution in [2.45, 2.75) is 30.8 Å². The molecule has 0 bridgehead atoms. The molecule has 2 aromatic carbocycles. The summed E-state index contributed by atoms with van der Waals surface area (Å²) < 4.78 is 10.8. The van der Waals surface area contributed by atoms with Gasteiger partial charge in [-0.3, -0.25) is 19.7 Å². The van der Waals surface area contributed by atoms with Crippen LogP contribution in [0, 0.1) is 16.0 Å². The smallest absolute Gasteiger partial charge is 0.340 e. The number of nitro groups is 1. The third-order valence-electron chi connectivity index (χ3n) is 6.59. The fourth-order valence-electron chi connectivity index (χ4n) is 5.35. The van der Waals surface area contributed by atoms with Crippen LogP contribution in [0.15, 0.2) is 53.0 Å². The zero-order chi connectivity index (χ0) is 24.6. The predicted molar refractivity (Wildman–Crippen MR) is 125 cm³/mol. The summed E-state index contributed by atoms with van der Waals surface area (Å²) in [6.07, 6.45) is -0.226. The molecule has 0 unspecified atom stereocenters. The molecule has 0 amide bonds. The third kappa shape index (κ3) is 3.56. The van der Waals surface area contributed by atoms with Gasteiger partial charge in [-0.25, -0.2) is 4.79 Å². The van der Waals surface area contributed by atoms with Crippen LogP contribution in [0.2, 0.25) is 0 Å². The first-order valence-electron chi connectivity index (χ1n) is 10.8. The van der Waals surface area contributed by atoms with Gasteiger partial charge in [0.1, 0.15) is 0 Å². The van der Waals surface area contributed by atoms with Crippen LogP contribution < -0.4 is 4.90 Å². The third-order valence-corrected chi connectivity index (χ3v) is 7.08. The highest BCUT2D eigenvalue weighted by atomic mass is 79.9. The maximum atomic E-state index is 14.0.